The number of carbonyl (C=O) groups is 2. The third kappa shape index (κ3) is 4.84. The summed E-state index contributed by atoms with van der Waals surface area (Å²) < 4.78 is 5.55. The van der Waals surface area contributed by atoms with Gasteiger partial charge < -0.3 is 14.7 Å². The third-order valence-corrected chi connectivity index (χ3v) is 3.79. The highest BCUT2D eigenvalue weighted by Gasteiger charge is 2.37. The van der Waals surface area contributed by atoms with Crippen molar-refractivity contribution in [2.24, 2.45) is 0 Å². The molecule has 1 aromatic carbocycles. The molecule has 1 aliphatic rings. The van der Waals surface area contributed by atoms with E-state index in [2.05, 4.69) is 0 Å². The first-order chi connectivity index (χ1) is 10.6. The van der Waals surface area contributed by atoms with Crippen LogP contribution in [0.25, 0.3) is 0 Å². The molecular weight excluding hydrogens is 282 g/mol. The van der Waals surface area contributed by atoms with E-state index in [1.807, 2.05) is 30.3 Å². The Hall–Kier alpha value is -1.88. The normalized spacial score (nSPS) is 15.3. The maximum atomic E-state index is 12.2. The number of ether oxygens (including phenoxy) is 1. The van der Waals surface area contributed by atoms with Gasteiger partial charge in [-0.3, -0.25) is 4.79 Å². The van der Waals surface area contributed by atoms with Crippen LogP contribution in [0.4, 0.5) is 0 Å². The van der Waals surface area contributed by atoms with Gasteiger partial charge >= 0.3 is 5.97 Å². The lowest BCUT2D eigenvalue weighted by molar-refractivity contribution is -0.150. The Labute approximate surface area is 130 Å². The number of hydrogen-bond donors (Lipinski definition) is 1. The lowest BCUT2D eigenvalue weighted by Gasteiger charge is -2.26. The van der Waals surface area contributed by atoms with E-state index >= 15 is 0 Å². The van der Waals surface area contributed by atoms with Crippen LogP contribution in [-0.4, -0.2) is 40.6 Å². The fourth-order valence-corrected chi connectivity index (χ4v) is 2.43. The summed E-state index contributed by atoms with van der Waals surface area (Å²) in [5.41, 5.74) is 1.10. The molecule has 1 saturated carbocycles. The quantitative estimate of drug-likeness (QED) is 0.712. The van der Waals surface area contributed by atoms with Gasteiger partial charge in [0.05, 0.1) is 6.61 Å². The molecule has 1 aliphatic carbocycles. The first-order valence-corrected chi connectivity index (χ1v) is 7.75. The Morgan fingerprint density at radius 2 is 2.00 bits per heavy atom. The third-order valence-electron chi connectivity index (χ3n) is 3.79. The number of amides is 1. The summed E-state index contributed by atoms with van der Waals surface area (Å²) in [7, 11) is 0. The molecule has 2 rings (SSSR count). The molecule has 0 aliphatic heterocycles. The minimum Gasteiger partial charge on any atom is -0.480 e. The van der Waals surface area contributed by atoms with Crippen LogP contribution >= 0.6 is 0 Å². The summed E-state index contributed by atoms with van der Waals surface area (Å²) in [5.74, 6) is -1.03. The topological polar surface area (TPSA) is 66.8 Å². The Bertz CT molecular complexity index is 499. The zero-order chi connectivity index (χ0) is 15.9. The number of carboxylic acids is 1. The number of benzene rings is 1. The van der Waals surface area contributed by atoms with Crippen LogP contribution in [0, 0.1) is 0 Å². The minimum absolute atomic E-state index is 0.0827. The lowest BCUT2D eigenvalue weighted by Crippen LogP contribution is -2.44. The van der Waals surface area contributed by atoms with Gasteiger partial charge in [0.2, 0.25) is 5.91 Å². The molecule has 0 saturated heterocycles. The van der Waals surface area contributed by atoms with Crippen LogP contribution in [0.5, 0.6) is 0 Å². The predicted octanol–water partition coefficient (Wildman–Crippen LogP) is 2.45. The number of nitrogens with zero attached hydrogens (tertiary/aromatic N) is 1. The average molecular weight is 305 g/mol. The van der Waals surface area contributed by atoms with Crippen LogP contribution in [0.15, 0.2) is 30.3 Å². The number of hydrogen-bond acceptors (Lipinski definition) is 3. The van der Waals surface area contributed by atoms with Crippen molar-refractivity contribution in [1.82, 2.24) is 4.90 Å². The molecule has 120 valence electrons. The van der Waals surface area contributed by atoms with Crippen molar-refractivity contribution in [2.75, 3.05) is 6.61 Å². The van der Waals surface area contributed by atoms with Gasteiger partial charge in [-0.2, -0.15) is 0 Å². The standard InChI is InChI=1S/C17H23NO4/c1-13(17(20)21)18(15-9-10-15)16(19)8-5-11-22-12-14-6-3-2-4-7-14/h2-4,6-7,13,15H,5,8-12H2,1H3,(H,20,21). The van der Waals surface area contributed by atoms with Crippen molar-refractivity contribution in [3.05, 3.63) is 35.9 Å². The minimum atomic E-state index is -0.944. The van der Waals surface area contributed by atoms with E-state index in [0.29, 0.717) is 26.1 Å². The second kappa shape index (κ2) is 7.94. The van der Waals surface area contributed by atoms with Crippen LogP contribution in [0.2, 0.25) is 0 Å². The fourth-order valence-electron chi connectivity index (χ4n) is 2.43. The summed E-state index contributed by atoms with van der Waals surface area (Å²) in [6.07, 6.45) is 2.77. The van der Waals surface area contributed by atoms with Crippen molar-refractivity contribution in [2.45, 2.75) is 51.3 Å². The summed E-state index contributed by atoms with van der Waals surface area (Å²) in [4.78, 5) is 24.8. The van der Waals surface area contributed by atoms with Gasteiger partial charge in [0.15, 0.2) is 0 Å². The maximum absolute atomic E-state index is 12.2. The molecular formula is C17H23NO4. The molecule has 0 bridgehead atoms. The molecule has 0 spiro atoms. The molecule has 1 atom stereocenters. The van der Waals surface area contributed by atoms with Gasteiger partial charge in [-0.1, -0.05) is 30.3 Å². The number of carbonyl (C=O) groups excluding carboxylic acids is 1. The van der Waals surface area contributed by atoms with Crippen molar-refractivity contribution in [3.8, 4) is 0 Å². The number of carboxylic acid groups (broad SMARTS) is 1. The molecule has 5 heteroatoms. The van der Waals surface area contributed by atoms with E-state index in [9.17, 15) is 9.59 Å². The van der Waals surface area contributed by atoms with E-state index in [0.717, 1.165) is 18.4 Å². The zero-order valence-corrected chi connectivity index (χ0v) is 12.9. The molecule has 0 radical (unpaired) electrons. The molecule has 0 heterocycles. The fraction of sp³-hybridized carbons (Fsp3) is 0.529. The highest BCUT2D eigenvalue weighted by molar-refractivity contribution is 5.83. The number of rotatable bonds is 9. The monoisotopic (exact) mass is 305 g/mol. The maximum Gasteiger partial charge on any atom is 0.326 e. The van der Waals surface area contributed by atoms with Crippen LogP contribution in [0.3, 0.4) is 0 Å². The SMILES string of the molecule is CC(C(=O)O)N(C(=O)CCCOCc1ccccc1)C1CC1. The van der Waals surface area contributed by atoms with Gasteiger partial charge in [-0.05, 0) is 31.7 Å². The van der Waals surface area contributed by atoms with E-state index in [-0.39, 0.29) is 11.9 Å². The molecule has 5 nitrogen and oxygen atoms in total. The Balaban J connectivity index is 1.69. The zero-order valence-electron chi connectivity index (χ0n) is 12.9. The highest BCUT2D eigenvalue weighted by Crippen LogP contribution is 2.29. The highest BCUT2D eigenvalue weighted by atomic mass is 16.5. The molecule has 1 amide bonds. The average Bonchev–Trinajstić information content (AvgIpc) is 3.32. The summed E-state index contributed by atoms with van der Waals surface area (Å²) >= 11 is 0. The van der Waals surface area contributed by atoms with Crippen LogP contribution in [0.1, 0.15) is 38.2 Å². The Morgan fingerprint density at radius 1 is 1.32 bits per heavy atom. The summed E-state index contributed by atoms with van der Waals surface area (Å²) in [6, 6.07) is 9.24. The van der Waals surface area contributed by atoms with E-state index in [1.165, 1.54) is 4.90 Å². The first-order valence-electron chi connectivity index (χ1n) is 7.75. The van der Waals surface area contributed by atoms with Crippen LogP contribution < -0.4 is 0 Å². The first kappa shape index (κ1) is 16.5. The van der Waals surface area contributed by atoms with Crippen molar-refractivity contribution >= 4 is 11.9 Å². The number of aliphatic carboxylic acids is 1. The lowest BCUT2D eigenvalue weighted by atomic mass is 10.2. The van der Waals surface area contributed by atoms with Crippen molar-refractivity contribution in [1.29, 1.82) is 0 Å². The van der Waals surface area contributed by atoms with Gasteiger partial charge in [-0.25, -0.2) is 4.79 Å². The molecule has 1 aromatic rings. The molecule has 22 heavy (non-hydrogen) atoms. The van der Waals surface area contributed by atoms with Gasteiger partial charge in [-0.15, -0.1) is 0 Å². The van der Waals surface area contributed by atoms with Gasteiger partial charge in [0.1, 0.15) is 6.04 Å². The molecule has 0 aromatic heterocycles. The molecule has 1 unspecified atom stereocenters. The van der Waals surface area contributed by atoms with E-state index < -0.39 is 12.0 Å². The van der Waals surface area contributed by atoms with E-state index in [1.54, 1.807) is 6.92 Å². The smallest absolute Gasteiger partial charge is 0.326 e. The predicted molar refractivity (Wildman–Crippen MR) is 82.3 cm³/mol. The summed E-state index contributed by atoms with van der Waals surface area (Å²) in [5, 5.41) is 9.10. The molecule has 1 N–H and O–H groups in total. The second-order valence-corrected chi connectivity index (χ2v) is 5.69. The van der Waals surface area contributed by atoms with Crippen LogP contribution in [-0.2, 0) is 20.9 Å². The van der Waals surface area contributed by atoms with Gasteiger partial charge in [0.25, 0.3) is 0 Å². The Kier molecular flexibility index (Phi) is 5.95. The van der Waals surface area contributed by atoms with E-state index in [4.69, 9.17) is 9.84 Å². The largest absolute Gasteiger partial charge is 0.480 e. The van der Waals surface area contributed by atoms with Gasteiger partial charge in [0, 0.05) is 19.1 Å². The van der Waals surface area contributed by atoms with Crippen molar-refractivity contribution < 1.29 is 19.4 Å². The Morgan fingerprint density at radius 3 is 2.59 bits per heavy atom. The summed E-state index contributed by atoms with van der Waals surface area (Å²) in [6.45, 7) is 2.61. The second-order valence-electron chi connectivity index (χ2n) is 5.69. The molecule has 1 fully saturated rings. The van der Waals surface area contributed by atoms with Crippen molar-refractivity contribution in [3.63, 3.8) is 0 Å².